The van der Waals surface area contributed by atoms with Crippen LogP contribution in [-0.2, 0) is 10.8 Å². The van der Waals surface area contributed by atoms with Gasteiger partial charge in [-0.25, -0.2) is 4.98 Å². The topological polar surface area (TPSA) is 24.3 Å². The molecule has 52 heavy (non-hydrogen) atoms. The Kier molecular flexibility index (Phi) is 7.51. The van der Waals surface area contributed by atoms with Gasteiger partial charge in [0.2, 0.25) is 0 Å². The Morgan fingerprint density at radius 2 is 1.00 bits per heavy atom. The molecule has 0 atom stereocenters. The van der Waals surface area contributed by atoms with Crippen LogP contribution in [0, 0.1) is 0 Å². The van der Waals surface area contributed by atoms with E-state index in [9.17, 15) is 0 Å². The van der Waals surface area contributed by atoms with E-state index in [-0.39, 0.29) is 10.8 Å². The van der Waals surface area contributed by atoms with Gasteiger partial charge in [-0.3, -0.25) is 4.57 Å². The van der Waals surface area contributed by atoms with Gasteiger partial charge in [-0.15, -0.1) is 0 Å². The molecule has 254 valence electrons. The Hall–Kier alpha value is -6.13. The Bertz CT molecular complexity index is 2560. The van der Waals surface area contributed by atoms with Crippen molar-refractivity contribution in [1.29, 1.82) is 0 Å². The predicted octanol–water partition coefficient (Wildman–Crippen LogP) is 12.1. The van der Waals surface area contributed by atoms with Crippen LogP contribution in [-0.4, -0.2) is 16.2 Å². The van der Waals surface area contributed by atoms with E-state index in [0.717, 1.165) is 23.5 Å². The Balaban J connectivity index is 1.13. The number of pyridine rings is 1. The first-order valence-electron chi connectivity index (χ1n) is 18.2. The molecular weight excluding hydrogens is 633 g/mol. The number of anilines is 4. The summed E-state index contributed by atoms with van der Waals surface area (Å²) in [7, 11) is 0. The molecule has 1 aliphatic heterocycles. The summed E-state index contributed by atoms with van der Waals surface area (Å²) < 4.78 is 2.35. The molecule has 4 heteroatoms. The van der Waals surface area contributed by atoms with E-state index in [1.807, 2.05) is 6.20 Å². The van der Waals surface area contributed by atoms with Crippen LogP contribution in [0.4, 0.5) is 22.7 Å². The van der Waals surface area contributed by atoms with Gasteiger partial charge < -0.3 is 9.80 Å². The van der Waals surface area contributed by atoms with E-state index in [1.165, 1.54) is 55.8 Å². The molecule has 1 aliphatic rings. The standard InChI is InChI=1S/C48H42N4/c1-47(2,34-16-7-5-8-17-34)37-28-29-49-46(32-37)52-42-23-12-11-22-40(42)41-27-26-36(31-45(41)52)48(3,4)35-18-15-21-39(30-35)51-33-50(38-19-9-6-10-20-38)43-24-13-14-25-44(43)51/h5-32H,33H2,1-4H3. The van der Waals surface area contributed by atoms with E-state index in [2.05, 4.69) is 206 Å². The van der Waals surface area contributed by atoms with Crippen molar-refractivity contribution in [3.8, 4) is 5.82 Å². The molecule has 9 rings (SSSR count). The summed E-state index contributed by atoms with van der Waals surface area (Å²) in [6, 6.07) is 59.4. The molecule has 0 fully saturated rings. The van der Waals surface area contributed by atoms with Crippen LogP contribution in [0.15, 0.2) is 170 Å². The Labute approximate surface area is 306 Å². The molecule has 0 saturated heterocycles. The first-order valence-corrected chi connectivity index (χ1v) is 18.2. The van der Waals surface area contributed by atoms with Crippen molar-refractivity contribution in [3.05, 3.63) is 192 Å². The monoisotopic (exact) mass is 674 g/mol. The van der Waals surface area contributed by atoms with Gasteiger partial charge in [0.25, 0.3) is 0 Å². The third-order valence-corrected chi connectivity index (χ3v) is 11.3. The quantitative estimate of drug-likeness (QED) is 0.168. The molecule has 6 aromatic carbocycles. The predicted molar refractivity (Wildman–Crippen MR) is 218 cm³/mol. The van der Waals surface area contributed by atoms with Gasteiger partial charge in [0.15, 0.2) is 0 Å². The second-order valence-electron chi connectivity index (χ2n) is 15.0. The molecule has 0 aliphatic carbocycles. The summed E-state index contributed by atoms with van der Waals surface area (Å²) in [4.78, 5) is 9.82. The van der Waals surface area contributed by atoms with E-state index in [0.29, 0.717) is 0 Å². The largest absolute Gasteiger partial charge is 0.321 e. The fraction of sp³-hybridized carbons (Fsp3) is 0.146. The maximum atomic E-state index is 4.99. The number of benzene rings is 6. The second-order valence-corrected chi connectivity index (χ2v) is 15.0. The average Bonchev–Trinajstić information content (AvgIpc) is 3.75. The first kappa shape index (κ1) is 31.8. The molecular formula is C48H42N4. The highest BCUT2D eigenvalue weighted by atomic mass is 15.4. The van der Waals surface area contributed by atoms with Crippen molar-refractivity contribution in [2.75, 3.05) is 16.5 Å². The molecule has 0 bridgehead atoms. The van der Waals surface area contributed by atoms with Crippen LogP contribution in [0.1, 0.15) is 49.9 Å². The average molecular weight is 675 g/mol. The lowest BCUT2D eigenvalue weighted by molar-refractivity contribution is 0.638. The van der Waals surface area contributed by atoms with Gasteiger partial charge in [0, 0.05) is 39.2 Å². The molecule has 0 saturated carbocycles. The van der Waals surface area contributed by atoms with Crippen LogP contribution in [0.2, 0.25) is 0 Å². The van der Waals surface area contributed by atoms with Crippen molar-refractivity contribution in [2.24, 2.45) is 0 Å². The highest BCUT2D eigenvalue weighted by molar-refractivity contribution is 6.09. The second kappa shape index (κ2) is 12.3. The van der Waals surface area contributed by atoms with Crippen molar-refractivity contribution < 1.29 is 0 Å². The third kappa shape index (κ3) is 5.17. The summed E-state index contributed by atoms with van der Waals surface area (Å²) in [5.41, 5.74) is 11.8. The fourth-order valence-corrected chi connectivity index (χ4v) is 8.05. The van der Waals surface area contributed by atoms with E-state index >= 15 is 0 Å². The minimum Gasteiger partial charge on any atom is -0.321 e. The molecule has 4 nitrogen and oxygen atoms in total. The van der Waals surface area contributed by atoms with Gasteiger partial charge >= 0.3 is 0 Å². The van der Waals surface area contributed by atoms with Gasteiger partial charge in [-0.2, -0.15) is 0 Å². The Morgan fingerprint density at radius 1 is 0.442 bits per heavy atom. The van der Waals surface area contributed by atoms with Crippen LogP contribution in [0.3, 0.4) is 0 Å². The van der Waals surface area contributed by atoms with Crippen LogP contribution in [0.25, 0.3) is 27.6 Å². The van der Waals surface area contributed by atoms with Gasteiger partial charge in [-0.05, 0) is 82.9 Å². The smallest absolute Gasteiger partial charge is 0.137 e. The number of aromatic nitrogens is 2. The molecule has 0 radical (unpaired) electrons. The summed E-state index contributed by atoms with van der Waals surface area (Å²) in [6.07, 6.45) is 1.96. The van der Waals surface area contributed by atoms with Crippen LogP contribution in [0.5, 0.6) is 0 Å². The summed E-state index contributed by atoms with van der Waals surface area (Å²) in [6.45, 7) is 10.0. The highest BCUT2D eigenvalue weighted by Gasteiger charge is 2.30. The van der Waals surface area contributed by atoms with Crippen LogP contribution >= 0.6 is 0 Å². The van der Waals surface area contributed by atoms with Crippen molar-refractivity contribution in [2.45, 2.75) is 38.5 Å². The number of hydrogen-bond acceptors (Lipinski definition) is 3. The lowest BCUT2D eigenvalue weighted by atomic mass is 9.77. The SMILES string of the molecule is CC(C)(c1ccccc1)c1ccnc(-n2c3ccccc3c3ccc(C(C)(C)c4cccc(N5CN(c6ccccc6)c6ccccc65)c4)cc32)c1. The van der Waals surface area contributed by atoms with E-state index in [4.69, 9.17) is 4.98 Å². The minimum absolute atomic E-state index is 0.177. The zero-order valence-corrected chi connectivity index (χ0v) is 30.2. The lowest BCUT2D eigenvalue weighted by Gasteiger charge is -2.29. The van der Waals surface area contributed by atoms with Crippen molar-refractivity contribution in [1.82, 2.24) is 9.55 Å². The number of nitrogens with zero attached hydrogens (tertiary/aromatic N) is 4. The minimum atomic E-state index is -0.269. The lowest BCUT2D eigenvalue weighted by Crippen LogP contribution is -2.25. The summed E-state index contributed by atoms with van der Waals surface area (Å²) in [5.74, 6) is 0.931. The highest BCUT2D eigenvalue weighted by Crippen LogP contribution is 2.45. The number of fused-ring (bicyclic) bond motifs is 4. The van der Waals surface area contributed by atoms with Crippen molar-refractivity contribution >= 4 is 44.6 Å². The molecule has 3 heterocycles. The number of hydrogen-bond donors (Lipinski definition) is 0. The zero-order valence-electron chi connectivity index (χ0n) is 30.2. The molecule has 0 spiro atoms. The van der Waals surface area contributed by atoms with Crippen molar-refractivity contribution in [3.63, 3.8) is 0 Å². The molecule has 0 N–H and O–H groups in total. The summed E-state index contributed by atoms with van der Waals surface area (Å²) in [5, 5.41) is 2.46. The summed E-state index contributed by atoms with van der Waals surface area (Å²) >= 11 is 0. The normalized spacial score (nSPS) is 13.2. The van der Waals surface area contributed by atoms with E-state index in [1.54, 1.807) is 0 Å². The Morgan fingerprint density at radius 3 is 1.77 bits per heavy atom. The first-order chi connectivity index (χ1) is 25.3. The molecule has 0 amide bonds. The maximum Gasteiger partial charge on any atom is 0.137 e. The van der Waals surface area contributed by atoms with E-state index < -0.39 is 0 Å². The molecule has 0 unspecified atom stereocenters. The molecule has 8 aromatic rings. The van der Waals surface area contributed by atoms with Gasteiger partial charge in [0.05, 0.1) is 22.4 Å². The maximum absolute atomic E-state index is 4.99. The fourth-order valence-electron chi connectivity index (χ4n) is 8.05. The van der Waals surface area contributed by atoms with Gasteiger partial charge in [-0.1, -0.05) is 131 Å². The third-order valence-electron chi connectivity index (χ3n) is 11.3. The zero-order chi connectivity index (χ0) is 35.5. The van der Waals surface area contributed by atoms with Gasteiger partial charge in [0.1, 0.15) is 12.5 Å². The number of para-hydroxylation sites is 4. The number of rotatable bonds is 7. The molecule has 2 aromatic heterocycles. The van der Waals surface area contributed by atoms with Crippen LogP contribution < -0.4 is 9.80 Å².